The second-order valence-corrected chi connectivity index (χ2v) is 5.42. The van der Waals surface area contributed by atoms with Gasteiger partial charge in [-0.1, -0.05) is 47.5 Å². The molecule has 0 saturated carbocycles. The number of aryl methyl sites for hydroxylation is 3. The fourth-order valence-corrected chi connectivity index (χ4v) is 2.82. The number of para-hydroxylation sites is 1. The first-order valence-corrected chi connectivity index (χ1v) is 6.81. The third kappa shape index (κ3) is 2.10. The topological polar surface area (TPSA) is 43.8 Å². The highest BCUT2D eigenvalue weighted by Gasteiger charge is 2.17. The van der Waals surface area contributed by atoms with E-state index in [0.717, 1.165) is 22.2 Å². The van der Waals surface area contributed by atoms with E-state index < -0.39 is 0 Å². The number of aromatic nitrogens is 2. The molecule has 0 fully saturated rings. The van der Waals surface area contributed by atoms with Crippen molar-refractivity contribution >= 4 is 10.9 Å². The van der Waals surface area contributed by atoms with Crippen LogP contribution in [0, 0.1) is 13.8 Å². The Morgan fingerprint density at radius 2 is 1.70 bits per heavy atom. The van der Waals surface area contributed by atoms with Crippen molar-refractivity contribution in [3.8, 4) is 0 Å². The summed E-state index contributed by atoms with van der Waals surface area (Å²) in [5.74, 6) is 0. The Labute approximate surface area is 119 Å². The van der Waals surface area contributed by atoms with Gasteiger partial charge in [-0.25, -0.2) is 0 Å². The first-order chi connectivity index (χ1) is 9.56. The van der Waals surface area contributed by atoms with Gasteiger partial charge >= 0.3 is 0 Å². The van der Waals surface area contributed by atoms with Crippen LogP contribution in [0.1, 0.15) is 28.4 Å². The van der Waals surface area contributed by atoms with Crippen molar-refractivity contribution in [2.75, 3.05) is 0 Å². The molecule has 20 heavy (non-hydrogen) atoms. The number of hydrogen-bond donors (Lipinski definition) is 1. The van der Waals surface area contributed by atoms with Gasteiger partial charge in [0.15, 0.2) is 0 Å². The minimum absolute atomic E-state index is 0.195. The number of nitrogens with zero attached hydrogens (tertiary/aromatic N) is 2. The van der Waals surface area contributed by atoms with Gasteiger partial charge in [-0.3, -0.25) is 4.68 Å². The second-order valence-electron chi connectivity index (χ2n) is 5.42. The molecule has 0 aliphatic carbocycles. The average molecular weight is 265 g/mol. The van der Waals surface area contributed by atoms with Crippen molar-refractivity contribution in [1.82, 2.24) is 9.78 Å². The monoisotopic (exact) mass is 265 g/mol. The maximum Gasteiger partial charge on any atom is 0.0915 e. The quantitative estimate of drug-likeness (QED) is 0.773. The molecule has 0 aliphatic heterocycles. The molecule has 1 aromatic heterocycles. The molecule has 0 spiro atoms. The van der Waals surface area contributed by atoms with E-state index in [2.05, 4.69) is 49.3 Å². The van der Waals surface area contributed by atoms with Crippen LogP contribution in [-0.2, 0) is 7.05 Å². The van der Waals surface area contributed by atoms with Crippen LogP contribution in [0.5, 0.6) is 0 Å². The fourth-order valence-electron chi connectivity index (χ4n) is 2.82. The summed E-state index contributed by atoms with van der Waals surface area (Å²) in [6, 6.07) is 14.5. The zero-order valence-corrected chi connectivity index (χ0v) is 12.1. The van der Waals surface area contributed by atoms with Crippen molar-refractivity contribution in [2.45, 2.75) is 19.9 Å². The molecule has 3 rings (SSSR count). The molecule has 0 aliphatic rings. The van der Waals surface area contributed by atoms with Crippen LogP contribution < -0.4 is 5.73 Å². The number of fused-ring (bicyclic) bond motifs is 1. The van der Waals surface area contributed by atoms with Gasteiger partial charge in [-0.05, 0) is 25.5 Å². The number of benzene rings is 2. The van der Waals surface area contributed by atoms with E-state index in [1.807, 2.05) is 23.9 Å². The molecule has 3 nitrogen and oxygen atoms in total. The van der Waals surface area contributed by atoms with Crippen LogP contribution in [0.15, 0.2) is 42.5 Å². The van der Waals surface area contributed by atoms with E-state index in [0.29, 0.717) is 0 Å². The maximum atomic E-state index is 6.46. The van der Waals surface area contributed by atoms with E-state index in [4.69, 9.17) is 5.73 Å². The zero-order valence-electron chi connectivity index (χ0n) is 12.1. The summed E-state index contributed by atoms with van der Waals surface area (Å²) >= 11 is 0. The third-order valence-electron chi connectivity index (χ3n) is 3.68. The highest BCUT2D eigenvalue weighted by atomic mass is 15.3. The highest BCUT2D eigenvalue weighted by molar-refractivity contribution is 5.82. The molecule has 102 valence electrons. The SMILES string of the molecule is Cc1cc(C)cc(C(N)c2nn(C)c3ccccc23)c1. The smallest absolute Gasteiger partial charge is 0.0915 e. The summed E-state index contributed by atoms with van der Waals surface area (Å²) in [5.41, 5.74) is 12.1. The molecule has 2 N–H and O–H groups in total. The predicted octanol–water partition coefficient (Wildman–Crippen LogP) is 3.24. The Morgan fingerprint density at radius 1 is 1.05 bits per heavy atom. The molecular formula is C17H19N3. The Bertz CT molecular complexity index is 751. The number of nitrogens with two attached hydrogens (primary N) is 1. The van der Waals surface area contributed by atoms with Gasteiger partial charge in [0.2, 0.25) is 0 Å². The summed E-state index contributed by atoms with van der Waals surface area (Å²) in [5, 5.41) is 5.74. The van der Waals surface area contributed by atoms with E-state index in [1.165, 1.54) is 11.1 Å². The van der Waals surface area contributed by atoms with Gasteiger partial charge in [0.25, 0.3) is 0 Å². The molecule has 3 heteroatoms. The lowest BCUT2D eigenvalue weighted by Gasteiger charge is -2.12. The fraction of sp³-hybridized carbons (Fsp3) is 0.235. The summed E-state index contributed by atoms with van der Waals surface area (Å²) in [7, 11) is 1.96. The van der Waals surface area contributed by atoms with Gasteiger partial charge in [-0.15, -0.1) is 0 Å². The predicted molar refractivity (Wildman–Crippen MR) is 82.7 cm³/mol. The Balaban J connectivity index is 2.15. The lowest BCUT2D eigenvalue weighted by atomic mass is 9.98. The van der Waals surface area contributed by atoms with Crippen LogP contribution in [0.3, 0.4) is 0 Å². The van der Waals surface area contributed by atoms with Gasteiger partial charge in [0.1, 0.15) is 0 Å². The number of rotatable bonds is 2. The van der Waals surface area contributed by atoms with Gasteiger partial charge in [0.05, 0.1) is 17.3 Å². The molecule has 1 heterocycles. The molecular weight excluding hydrogens is 246 g/mol. The molecule has 1 unspecified atom stereocenters. The van der Waals surface area contributed by atoms with Gasteiger partial charge < -0.3 is 5.73 Å². The molecule has 1 atom stereocenters. The van der Waals surface area contributed by atoms with Gasteiger partial charge in [-0.2, -0.15) is 5.10 Å². The largest absolute Gasteiger partial charge is 0.319 e. The normalized spacial score (nSPS) is 12.8. The molecule has 0 bridgehead atoms. The van der Waals surface area contributed by atoms with E-state index in [1.54, 1.807) is 0 Å². The van der Waals surface area contributed by atoms with E-state index in [9.17, 15) is 0 Å². The Morgan fingerprint density at radius 3 is 2.40 bits per heavy atom. The van der Waals surface area contributed by atoms with E-state index in [-0.39, 0.29) is 6.04 Å². The Hall–Kier alpha value is -2.13. The molecule has 0 saturated heterocycles. The minimum Gasteiger partial charge on any atom is -0.319 e. The van der Waals surface area contributed by atoms with Gasteiger partial charge in [0, 0.05) is 12.4 Å². The lowest BCUT2D eigenvalue weighted by molar-refractivity contribution is 0.731. The molecule has 0 amide bonds. The van der Waals surface area contributed by atoms with Crippen molar-refractivity contribution in [1.29, 1.82) is 0 Å². The van der Waals surface area contributed by atoms with Crippen molar-refractivity contribution in [3.63, 3.8) is 0 Å². The highest BCUT2D eigenvalue weighted by Crippen LogP contribution is 2.27. The van der Waals surface area contributed by atoms with Crippen LogP contribution in [0.4, 0.5) is 0 Å². The second kappa shape index (κ2) is 4.76. The maximum absolute atomic E-state index is 6.46. The average Bonchev–Trinajstić information content (AvgIpc) is 2.75. The molecule has 3 aromatic rings. The summed E-state index contributed by atoms with van der Waals surface area (Å²) in [6.45, 7) is 4.19. The van der Waals surface area contributed by atoms with Crippen molar-refractivity contribution < 1.29 is 0 Å². The summed E-state index contributed by atoms with van der Waals surface area (Å²) < 4.78 is 1.90. The Kier molecular flexibility index (Phi) is 3.07. The first kappa shape index (κ1) is 12.9. The van der Waals surface area contributed by atoms with Crippen LogP contribution in [0.25, 0.3) is 10.9 Å². The van der Waals surface area contributed by atoms with E-state index >= 15 is 0 Å². The first-order valence-electron chi connectivity index (χ1n) is 6.81. The van der Waals surface area contributed by atoms with Crippen molar-refractivity contribution in [3.05, 3.63) is 64.8 Å². The summed E-state index contributed by atoms with van der Waals surface area (Å²) in [4.78, 5) is 0. The molecule has 0 radical (unpaired) electrons. The van der Waals surface area contributed by atoms with Crippen LogP contribution in [-0.4, -0.2) is 9.78 Å². The van der Waals surface area contributed by atoms with Crippen molar-refractivity contribution in [2.24, 2.45) is 12.8 Å². The third-order valence-corrected chi connectivity index (χ3v) is 3.68. The standard InChI is InChI=1S/C17H19N3/c1-11-8-12(2)10-13(9-11)16(18)17-14-6-4-5-7-15(14)20(3)19-17/h4-10,16H,18H2,1-3H3. The molecule has 2 aromatic carbocycles. The summed E-state index contributed by atoms with van der Waals surface area (Å²) in [6.07, 6.45) is 0. The van der Waals surface area contributed by atoms with Crippen LogP contribution in [0.2, 0.25) is 0 Å². The van der Waals surface area contributed by atoms with Crippen LogP contribution >= 0.6 is 0 Å². The minimum atomic E-state index is -0.195. The zero-order chi connectivity index (χ0) is 14.3. The number of hydrogen-bond acceptors (Lipinski definition) is 2. The lowest BCUT2D eigenvalue weighted by Crippen LogP contribution is -2.13.